The van der Waals surface area contributed by atoms with Crippen LogP contribution in [0.3, 0.4) is 0 Å². The molecule has 1 radical (unpaired) electrons. The minimum atomic E-state index is 0. The topological polar surface area (TPSA) is 168 Å². The molecule has 18 heteroatoms. The van der Waals surface area contributed by atoms with Crippen LogP contribution in [0.4, 0.5) is 11.4 Å². The van der Waals surface area contributed by atoms with Crippen molar-refractivity contribution in [3.8, 4) is 34.3 Å². The molecule has 14 nitrogen and oxygen atoms in total. The Hall–Kier alpha value is -6.68. The van der Waals surface area contributed by atoms with Gasteiger partial charge in [0.1, 0.15) is 67.4 Å². The summed E-state index contributed by atoms with van der Waals surface area (Å²) < 4.78 is 0. The third-order valence-electron chi connectivity index (χ3n) is 11.1. The van der Waals surface area contributed by atoms with E-state index in [2.05, 4.69) is 52.9 Å². The molecule has 3 aromatic heterocycles. The number of hydrogen-bond acceptors (Lipinski definition) is 11. The molecule has 1 unspecified atom stereocenters. The standard InChI is InChI=1S/C21H20N4O.C14H12ClN3O.C13H11N3O.C7H9N.H3P.U.V/c1-15-12-16(14-24(2)17-8-4-3-5-9-17)21(26)20(13-15)25-22-18-10-6-7-11-19(18)23-25;1-9-6-10(8-15)14(19)13(7-9)18-16-11-4-2-3-5-12(11)17-18;1-9-6-7-13(17)12(8-9)16-14-10-4-2-3-5-11(10)15-16;1-8-7-5-3-2-4-6-7;;;/h3-13,26H,14H2,1-2H3;2-7,19H,8H2,1H3;2-8,17H,1H3;2-6,8H,1H3;1H3;;. The third-order valence-corrected chi connectivity index (χ3v) is 11.4. The van der Waals surface area contributed by atoms with Crippen molar-refractivity contribution in [3.63, 3.8) is 0 Å². The second kappa shape index (κ2) is 26.8. The number of rotatable bonds is 8. The molecule has 3 heterocycles. The van der Waals surface area contributed by atoms with Crippen molar-refractivity contribution in [1.82, 2.24) is 45.0 Å². The first-order valence-electron chi connectivity index (χ1n) is 22.4. The maximum absolute atomic E-state index is 10.9. The Morgan fingerprint density at radius 2 is 0.836 bits per heavy atom. The van der Waals surface area contributed by atoms with Crippen LogP contribution in [-0.2, 0) is 31.0 Å². The molecule has 0 aliphatic carbocycles. The van der Waals surface area contributed by atoms with Crippen molar-refractivity contribution in [1.29, 1.82) is 0 Å². The number of aryl methyl sites for hydroxylation is 3. The molecular formula is C55H55ClN11O3PUV. The monoisotopic (exact) mass is 1270 g/mol. The van der Waals surface area contributed by atoms with Crippen LogP contribution in [0.2, 0.25) is 0 Å². The summed E-state index contributed by atoms with van der Waals surface area (Å²) >= 11 is 5.83. The fourth-order valence-corrected chi connectivity index (χ4v) is 7.73. The number of benzene rings is 8. The molecule has 0 bridgehead atoms. The molecule has 1 atom stereocenters. The van der Waals surface area contributed by atoms with Gasteiger partial charge in [0, 0.05) is 92.8 Å². The number of aromatic hydroxyl groups is 3. The Balaban J connectivity index is 0.000000188. The summed E-state index contributed by atoms with van der Waals surface area (Å²) in [4.78, 5) is 6.53. The van der Waals surface area contributed by atoms with Gasteiger partial charge in [0.15, 0.2) is 0 Å². The zero-order valence-corrected chi connectivity index (χ0v) is 48.7. The zero-order chi connectivity index (χ0) is 49.1. The number of phenolic OH excluding ortho intramolecular Hbond substituents is 3. The van der Waals surface area contributed by atoms with Gasteiger partial charge in [-0.05, 0) is 122 Å². The van der Waals surface area contributed by atoms with E-state index < -0.39 is 0 Å². The summed E-state index contributed by atoms with van der Waals surface area (Å²) in [5.41, 5.74) is 13.4. The van der Waals surface area contributed by atoms with E-state index in [4.69, 9.17) is 11.6 Å². The van der Waals surface area contributed by atoms with Gasteiger partial charge < -0.3 is 25.5 Å². The average Bonchev–Trinajstić information content (AvgIpc) is 4.15. The van der Waals surface area contributed by atoms with Gasteiger partial charge in [-0.1, -0.05) is 91.0 Å². The van der Waals surface area contributed by atoms with E-state index in [9.17, 15) is 15.3 Å². The third kappa shape index (κ3) is 14.3. The first-order valence-corrected chi connectivity index (χ1v) is 23.0. The van der Waals surface area contributed by atoms with E-state index in [0.717, 1.165) is 66.7 Å². The Labute approximate surface area is 467 Å². The van der Waals surface area contributed by atoms with Gasteiger partial charge in [0.25, 0.3) is 0 Å². The van der Waals surface area contributed by atoms with E-state index >= 15 is 0 Å². The van der Waals surface area contributed by atoms with Crippen molar-refractivity contribution in [2.24, 2.45) is 0 Å². The predicted octanol–water partition coefficient (Wildman–Crippen LogP) is 11.5. The summed E-state index contributed by atoms with van der Waals surface area (Å²) in [7, 11) is 3.92. The number of halogens is 1. The molecule has 0 fully saturated rings. The minimum absolute atomic E-state index is 0. The van der Waals surface area contributed by atoms with Gasteiger partial charge in [-0.2, -0.15) is 9.90 Å². The number of fused-ring (bicyclic) bond motifs is 3. The molecule has 73 heavy (non-hydrogen) atoms. The summed E-state index contributed by atoms with van der Waals surface area (Å²) in [6.07, 6.45) is 0. The van der Waals surface area contributed by atoms with E-state index in [1.165, 1.54) is 14.4 Å². The zero-order valence-electron chi connectivity index (χ0n) is 41.0. The number of nitrogens with one attached hydrogen (secondary N) is 1. The molecule has 4 N–H and O–H groups in total. The SMILES string of the molecule is CNc1ccccc1.Cc1cc(CCl)c(O)c(-n2nc3ccccc3n2)c1.Cc1cc(CN(C)c2ccccc2)c(O)c(-n2nc3ccccc3n2)c1.Cc1ccc(O)c(-n2nc3ccccc3n2)c1.P.[U].[V]. The largest absolute Gasteiger partial charge is 0.506 e. The summed E-state index contributed by atoms with van der Waals surface area (Å²) in [6, 6.07) is 56.0. The second-order valence-corrected chi connectivity index (χ2v) is 16.7. The van der Waals surface area contributed by atoms with E-state index in [1.807, 2.05) is 193 Å². The molecule has 0 spiro atoms. The molecule has 0 saturated heterocycles. The first-order chi connectivity index (χ1) is 34.0. The van der Waals surface area contributed by atoms with Crippen LogP contribution >= 0.6 is 21.5 Å². The Bertz CT molecular complexity index is 3430. The Kier molecular flexibility index (Phi) is 21.0. The molecule has 11 rings (SSSR count). The molecule has 8 aromatic carbocycles. The molecule has 0 aliphatic heterocycles. The van der Waals surface area contributed by atoms with Crippen LogP contribution in [0.5, 0.6) is 17.2 Å². The average molecular weight is 1270 g/mol. The fourth-order valence-electron chi connectivity index (χ4n) is 7.52. The van der Waals surface area contributed by atoms with Gasteiger partial charge in [-0.25, -0.2) is 0 Å². The van der Waals surface area contributed by atoms with Gasteiger partial charge in [-0.3, -0.25) is 0 Å². The van der Waals surface area contributed by atoms with Crippen molar-refractivity contribution in [2.45, 2.75) is 33.2 Å². The summed E-state index contributed by atoms with van der Waals surface area (Å²) in [5, 5.41) is 60.3. The number of phenols is 3. The number of nitrogens with zero attached hydrogens (tertiary/aromatic N) is 10. The molecule has 0 amide bonds. The fraction of sp³-hybridized carbons (Fsp3) is 0.127. The number of alkyl halides is 1. The van der Waals surface area contributed by atoms with E-state index in [-0.39, 0.29) is 82.7 Å². The second-order valence-electron chi connectivity index (χ2n) is 16.5. The number of para-hydroxylation sites is 2. The van der Waals surface area contributed by atoms with Crippen molar-refractivity contribution < 1.29 is 65.0 Å². The number of anilines is 2. The van der Waals surface area contributed by atoms with Crippen LogP contribution < -0.4 is 10.2 Å². The van der Waals surface area contributed by atoms with Gasteiger partial charge in [0.2, 0.25) is 0 Å². The van der Waals surface area contributed by atoms with Gasteiger partial charge in [-0.15, -0.1) is 56.6 Å². The smallest absolute Gasteiger partial charge is 0.148 e. The van der Waals surface area contributed by atoms with Gasteiger partial charge >= 0.3 is 0 Å². The van der Waals surface area contributed by atoms with Crippen molar-refractivity contribution in [3.05, 3.63) is 204 Å². The summed E-state index contributed by atoms with van der Waals surface area (Å²) in [5.74, 6) is 0.761. The molecule has 0 aliphatic rings. The predicted molar refractivity (Wildman–Crippen MR) is 291 cm³/mol. The maximum Gasteiger partial charge on any atom is 0.148 e. The number of hydrogen-bond donors (Lipinski definition) is 4. The number of aromatic nitrogens is 9. The summed E-state index contributed by atoms with van der Waals surface area (Å²) in [6.45, 7) is 6.51. The van der Waals surface area contributed by atoms with Crippen LogP contribution in [-0.4, -0.2) is 74.4 Å². The van der Waals surface area contributed by atoms with Crippen LogP contribution in [0.15, 0.2) is 176 Å². The Morgan fingerprint density at radius 3 is 1.23 bits per heavy atom. The normalized spacial score (nSPS) is 10.3. The minimum Gasteiger partial charge on any atom is -0.506 e. The van der Waals surface area contributed by atoms with Crippen LogP contribution in [0.1, 0.15) is 27.8 Å². The maximum atomic E-state index is 10.9. The van der Waals surface area contributed by atoms with Crippen LogP contribution in [0.25, 0.3) is 50.2 Å². The Morgan fingerprint density at radius 1 is 0.479 bits per heavy atom. The van der Waals surface area contributed by atoms with Gasteiger partial charge in [0.05, 0.1) is 5.88 Å². The van der Waals surface area contributed by atoms with Crippen molar-refractivity contribution >= 4 is 66.0 Å². The molecule has 0 saturated carbocycles. The van der Waals surface area contributed by atoms with Crippen LogP contribution in [0, 0.1) is 51.9 Å². The molecule has 11 aromatic rings. The quantitative estimate of drug-likeness (QED) is 0.0844. The van der Waals surface area contributed by atoms with E-state index in [0.29, 0.717) is 29.2 Å². The molecule has 369 valence electrons. The van der Waals surface area contributed by atoms with Crippen molar-refractivity contribution in [2.75, 3.05) is 24.3 Å². The molecular weight excluding hydrogens is 1220 g/mol. The first kappa shape index (κ1) is 57.2. The van der Waals surface area contributed by atoms with E-state index in [1.54, 1.807) is 6.07 Å².